The number of nitrogens with one attached hydrogen (secondary N) is 1. The second-order valence-electron chi connectivity index (χ2n) is 1.25. The molecule has 1 amide bonds. The zero-order valence-electron chi connectivity index (χ0n) is 7.20. The van der Waals surface area contributed by atoms with Crippen molar-refractivity contribution in [3.8, 4) is 0 Å². The first-order valence-electron chi connectivity index (χ1n) is 2.36. The van der Waals surface area contributed by atoms with E-state index in [0.717, 1.165) is 6.08 Å². The van der Waals surface area contributed by atoms with E-state index in [-0.39, 0.29) is 59.6 Å². The van der Waals surface area contributed by atoms with Crippen LogP contribution in [0.2, 0.25) is 0 Å². The minimum atomic E-state index is -2.71. The molecule has 0 saturated carbocycles. The minimum absolute atomic E-state index is 0. The summed E-state index contributed by atoms with van der Waals surface area (Å²) >= 11 is -2.71. The van der Waals surface area contributed by atoms with Crippen LogP contribution >= 0.6 is 0 Å². The Balaban J connectivity index is -0.000000405. The van der Waals surface area contributed by atoms with Crippen molar-refractivity contribution in [2.24, 2.45) is 0 Å². The fraction of sp³-hybridized carbons (Fsp3) is 0.250. The summed E-state index contributed by atoms with van der Waals surface area (Å²) in [4.78, 5) is 10.4. The Hall–Kier alpha value is 1.09. The Bertz CT molecular complexity index is 176. The monoisotopic (exact) mass is 250 g/mol. The van der Waals surface area contributed by atoms with E-state index in [1.807, 2.05) is 0 Å². The normalized spacial score (nSPS) is 12.2. The molecule has 0 rings (SSSR count). The molecule has 0 aromatic rings. The SMILES string of the molecule is CC=CC(=O)NOS(=O)[O-].[H-].[Rb+]. The molecule has 0 aliphatic carbocycles. The molecule has 0 spiro atoms. The molecule has 60 valence electrons. The van der Waals surface area contributed by atoms with Crippen molar-refractivity contribution in [1.82, 2.24) is 5.48 Å². The molecule has 0 bridgehead atoms. The quantitative estimate of drug-likeness (QED) is 0.321. The second kappa shape index (κ2) is 9.18. The maximum absolute atomic E-state index is 10.4. The third kappa shape index (κ3) is 11.1. The zero-order chi connectivity index (χ0) is 7.98. The van der Waals surface area contributed by atoms with Gasteiger partial charge in [0.05, 0.1) is 0 Å². The number of hydroxylamine groups is 1. The summed E-state index contributed by atoms with van der Waals surface area (Å²) in [6.07, 6.45) is 2.58. The molecular formula is C4H7NO4RbS-. The third-order valence-corrected chi connectivity index (χ3v) is 0.748. The smallest absolute Gasteiger partial charge is 1.00 e. The van der Waals surface area contributed by atoms with Crippen molar-refractivity contribution in [2.75, 3.05) is 0 Å². The number of hydrogen-bond donors (Lipinski definition) is 1. The largest absolute Gasteiger partial charge is 1.00 e. The van der Waals surface area contributed by atoms with Crippen LogP contribution in [-0.2, 0) is 20.4 Å². The van der Waals surface area contributed by atoms with Crippen molar-refractivity contribution in [2.45, 2.75) is 6.92 Å². The number of allylic oxidation sites excluding steroid dienone is 1. The molecule has 0 radical (unpaired) electrons. The summed E-state index contributed by atoms with van der Waals surface area (Å²) in [6.45, 7) is 1.62. The molecule has 11 heavy (non-hydrogen) atoms. The van der Waals surface area contributed by atoms with Crippen LogP contribution in [-0.4, -0.2) is 14.7 Å². The average Bonchev–Trinajstić information content (AvgIpc) is 1.85. The molecule has 7 heteroatoms. The van der Waals surface area contributed by atoms with Gasteiger partial charge in [-0.1, -0.05) is 6.08 Å². The van der Waals surface area contributed by atoms with Gasteiger partial charge in [-0.3, -0.25) is 4.79 Å². The van der Waals surface area contributed by atoms with Crippen LogP contribution in [0.3, 0.4) is 0 Å². The first-order chi connectivity index (χ1) is 4.66. The summed E-state index contributed by atoms with van der Waals surface area (Å²) in [5.74, 6) is -0.619. The first-order valence-corrected chi connectivity index (χ1v) is 3.36. The molecule has 0 fully saturated rings. The average molecular weight is 251 g/mol. The molecule has 0 aliphatic rings. The van der Waals surface area contributed by atoms with Gasteiger partial charge in [-0.25, -0.2) is 9.69 Å². The molecule has 0 aliphatic heterocycles. The maximum Gasteiger partial charge on any atom is 1.00 e. The van der Waals surface area contributed by atoms with Crippen molar-refractivity contribution in [3.05, 3.63) is 12.2 Å². The zero-order valence-corrected chi connectivity index (χ0v) is 11.9. The van der Waals surface area contributed by atoms with E-state index in [1.165, 1.54) is 6.08 Å². The molecule has 0 saturated heterocycles. The van der Waals surface area contributed by atoms with Gasteiger partial charge in [0, 0.05) is 6.08 Å². The number of hydrogen-bond acceptors (Lipinski definition) is 4. The minimum Gasteiger partial charge on any atom is -1.00 e. The summed E-state index contributed by atoms with van der Waals surface area (Å²) < 4.78 is 23.0. The van der Waals surface area contributed by atoms with Crippen molar-refractivity contribution in [3.63, 3.8) is 0 Å². The predicted molar refractivity (Wildman–Crippen MR) is 34.1 cm³/mol. The summed E-state index contributed by atoms with van der Waals surface area (Å²) in [6, 6.07) is 0. The van der Waals surface area contributed by atoms with Crippen molar-refractivity contribution < 1.29 is 77.5 Å². The van der Waals surface area contributed by atoms with Gasteiger partial charge < -0.3 is 5.98 Å². The van der Waals surface area contributed by atoms with Crippen molar-refractivity contribution in [1.29, 1.82) is 0 Å². The van der Waals surface area contributed by atoms with Crippen LogP contribution in [0.4, 0.5) is 0 Å². The fourth-order valence-electron chi connectivity index (χ4n) is 0.260. The van der Waals surface area contributed by atoms with E-state index in [1.54, 1.807) is 12.4 Å². The van der Waals surface area contributed by atoms with E-state index >= 15 is 0 Å². The topological polar surface area (TPSA) is 78.5 Å². The van der Waals surface area contributed by atoms with Crippen LogP contribution in [0.25, 0.3) is 0 Å². The van der Waals surface area contributed by atoms with Gasteiger partial charge in [-0.15, -0.1) is 0 Å². The molecule has 0 aromatic heterocycles. The van der Waals surface area contributed by atoms with E-state index in [9.17, 15) is 13.6 Å². The van der Waals surface area contributed by atoms with Crippen LogP contribution in [0.5, 0.6) is 0 Å². The molecule has 1 N–H and O–H groups in total. The molecule has 0 aromatic carbocycles. The molecular weight excluding hydrogens is 244 g/mol. The van der Waals surface area contributed by atoms with Crippen LogP contribution in [0.1, 0.15) is 8.35 Å². The summed E-state index contributed by atoms with van der Waals surface area (Å²) in [7, 11) is 0. The van der Waals surface area contributed by atoms with Gasteiger partial charge >= 0.3 is 58.2 Å². The molecule has 5 nitrogen and oxygen atoms in total. The number of carbonyl (C=O) groups is 1. The van der Waals surface area contributed by atoms with E-state index in [0.29, 0.717) is 0 Å². The summed E-state index contributed by atoms with van der Waals surface area (Å²) in [5.41, 5.74) is 1.64. The van der Waals surface area contributed by atoms with Gasteiger partial charge in [0.1, 0.15) is 11.4 Å². The Labute approximate surface area is 117 Å². The molecule has 0 heterocycles. The Morgan fingerprint density at radius 2 is 2.36 bits per heavy atom. The Morgan fingerprint density at radius 1 is 1.82 bits per heavy atom. The predicted octanol–water partition coefficient (Wildman–Crippen LogP) is -3.48. The summed E-state index contributed by atoms with van der Waals surface area (Å²) in [5, 5.41) is 0. The molecule has 1 unspecified atom stereocenters. The molecule has 1 atom stereocenters. The van der Waals surface area contributed by atoms with Crippen LogP contribution < -0.4 is 63.7 Å². The first kappa shape index (κ1) is 14.6. The van der Waals surface area contributed by atoms with Gasteiger partial charge in [0.15, 0.2) is 0 Å². The Morgan fingerprint density at radius 3 is 2.73 bits per heavy atom. The second-order valence-corrected chi connectivity index (χ2v) is 1.83. The van der Waals surface area contributed by atoms with E-state index in [4.69, 9.17) is 0 Å². The van der Waals surface area contributed by atoms with Crippen molar-refractivity contribution >= 4 is 17.3 Å². The maximum atomic E-state index is 10.4. The van der Waals surface area contributed by atoms with Crippen LogP contribution in [0.15, 0.2) is 12.2 Å². The van der Waals surface area contributed by atoms with E-state index < -0.39 is 17.3 Å². The Kier molecular flexibility index (Phi) is 12.2. The van der Waals surface area contributed by atoms with Gasteiger partial charge in [-0.2, -0.15) is 4.28 Å². The fourth-order valence-corrected chi connectivity index (χ4v) is 0.411. The number of amides is 1. The standard InChI is InChI=1S/C4H7NO4S.Rb.H/c1-2-3-4(6)5-9-10(7)8;;/h2-3H,1H3,(H,5,6)(H,7,8);;/q;+1;-1/p-1. The van der Waals surface area contributed by atoms with Crippen LogP contribution in [0, 0.1) is 0 Å². The van der Waals surface area contributed by atoms with E-state index in [2.05, 4.69) is 4.28 Å². The van der Waals surface area contributed by atoms with Gasteiger partial charge in [0.2, 0.25) is 0 Å². The third-order valence-electron chi connectivity index (χ3n) is 0.528. The number of carbonyl (C=O) groups excluding carboxylic acids is 1. The number of rotatable bonds is 3. The van der Waals surface area contributed by atoms with Gasteiger partial charge in [0.25, 0.3) is 5.91 Å². The van der Waals surface area contributed by atoms with Gasteiger partial charge in [-0.05, 0) is 6.92 Å².